The molecular weight excluding hydrogens is 272 g/mol. The Kier molecular flexibility index (Phi) is 5.26. The topological polar surface area (TPSA) is 92.5 Å². The molecule has 7 heteroatoms. The molecule has 104 valence electrons. The van der Waals surface area contributed by atoms with E-state index < -0.39 is 16.9 Å². The van der Waals surface area contributed by atoms with Gasteiger partial charge in [-0.3, -0.25) is 14.9 Å². The molecule has 0 aliphatic heterocycles. The SMILES string of the molecule is CC(C)C(CO)NC(=O)c1cc(Cl)ccc1[N+](=O)[O-]. The van der Waals surface area contributed by atoms with Crippen LogP contribution in [0.1, 0.15) is 24.2 Å². The molecule has 19 heavy (non-hydrogen) atoms. The summed E-state index contributed by atoms with van der Waals surface area (Å²) in [7, 11) is 0. The molecule has 0 spiro atoms. The number of rotatable bonds is 5. The van der Waals surface area contributed by atoms with E-state index in [0.717, 1.165) is 0 Å². The summed E-state index contributed by atoms with van der Waals surface area (Å²) < 4.78 is 0. The lowest BCUT2D eigenvalue weighted by Crippen LogP contribution is -2.41. The van der Waals surface area contributed by atoms with Gasteiger partial charge in [-0.05, 0) is 18.1 Å². The van der Waals surface area contributed by atoms with E-state index >= 15 is 0 Å². The van der Waals surface area contributed by atoms with Crippen LogP contribution in [0.15, 0.2) is 18.2 Å². The van der Waals surface area contributed by atoms with Crippen LogP contribution in [-0.4, -0.2) is 28.6 Å². The Balaban J connectivity index is 3.05. The standard InChI is InChI=1S/C12H15ClN2O4/c1-7(2)10(6-16)14-12(17)9-5-8(13)3-4-11(9)15(18)19/h3-5,7,10,16H,6H2,1-2H3,(H,14,17). The minimum Gasteiger partial charge on any atom is -0.394 e. The second kappa shape index (κ2) is 6.49. The molecule has 1 aromatic carbocycles. The first-order valence-electron chi connectivity index (χ1n) is 5.72. The molecule has 2 N–H and O–H groups in total. The highest BCUT2D eigenvalue weighted by atomic mass is 35.5. The van der Waals surface area contributed by atoms with E-state index in [2.05, 4.69) is 5.32 Å². The number of nitro groups is 1. The number of hydrogen-bond donors (Lipinski definition) is 2. The molecule has 1 atom stereocenters. The van der Waals surface area contributed by atoms with Crippen molar-refractivity contribution in [3.63, 3.8) is 0 Å². The largest absolute Gasteiger partial charge is 0.394 e. The summed E-state index contributed by atoms with van der Waals surface area (Å²) in [6, 6.07) is 3.30. The van der Waals surface area contributed by atoms with Gasteiger partial charge < -0.3 is 10.4 Å². The zero-order chi connectivity index (χ0) is 14.6. The second-order valence-corrected chi connectivity index (χ2v) is 4.86. The molecule has 0 aliphatic carbocycles. The zero-order valence-electron chi connectivity index (χ0n) is 10.6. The smallest absolute Gasteiger partial charge is 0.282 e. The molecule has 0 aromatic heterocycles. The number of hydrogen-bond acceptors (Lipinski definition) is 4. The van der Waals surface area contributed by atoms with E-state index in [4.69, 9.17) is 16.7 Å². The molecule has 1 rings (SSSR count). The van der Waals surface area contributed by atoms with E-state index in [1.54, 1.807) is 0 Å². The average molecular weight is 287 g/mol. The molecule has 1 unspecified atom stereocenters. The quantitative estimate of drug-likeness (QED) is 0.639. The van der Waals surface area contributed by atoms with Gasteiger partial charge in [0.25, 0.3) is 11.6 Å². The molecular formula is C12H15ClN2O4. The number of aliphatic hydroxyl groups is 1. The minimum atomic E-state index is -0.644. The lowest BCUT2D eigenvalue weighted by molar-refractivity contribution is -0.385. The van der Waals surface area contributed by atoms with Crippen molar-refractivity contribution in [1.82, 2.24) is 5.32 Å². The molecule has 1 aromatic rings. The normalized spacial score (nSPS) is 12.3. The first-order valence-corrected chi connectivity index (χ1v) is 6.10. The third-order valence-electron chi connectivity index (χ3n) is 2.72. The van der Waals surface area contributed by atoms with Crippen LogP contribution in [-0.2, 0) is 0 Å². The lowest BCUT2D eigenvalue weighted by Gasteiger charge is -2.19. The van der Waals surface area contributed by atoms with Gasteiger partial charge in [-0.15, -0.1) is 0 Å². The molecule has 0 saturated heterocycles. The summed E-state index contributed by atoms with van der Waals surface area (Å²) in [5.74, 6) is -0.617. The van der Waals surface area contributed by atoms with Crippen LogP contribution in [0.5, 0.6) is 0 Å². The Morgan fingerprint density at radius 3 is 2.63 bits per heavy atom. The summed E-state index contributed by atoms with van der Waals surface area (Å²) in [6.07, 6.45) is 0. The van der Waals surface area contributed by atoms with Crippen LogP contribution < -0.4 is 5.32 Å². The molecule has 0 bridgehead atoms. The van der Waals surface area contributed by atoms with Crippen molar-refractivity contribution in [2.75, 3.05) is 6.61 Å². The number of benzene rings is 1. The number of nitro benzene ring substituents is 1. The lowest BCUT2D eigenvalue weighted by atomic mass is 10.0. The van der Waals surface area contributed by atoms with Crippen LogP contribution in [0.2, 0.25) is 5.02 Å². The number of carbonyl (C=O) groups excluding carboxylic acids is 1. The Morgan fingerprint density at radius 1 is 1.53 bits per heavy atom. The maximum Gasteiger partial charge on any atom is 0.282 e. The monoisotopic (exact) mass is 286 g/mol. The molecule has 0 aliphatic rings. The molecule has 1 amide bonds. The van der Waals surface area contributed by atoms with Gasteiger partial charge in [0.1, 0.15) is 5.56 Å². The maximum atomic E-state index is 12.0. The van der Waals surface area contributed by atoms with Crippen LogP contribution in [0.25, 0.3) is 0 Å². The Hall–Kier alpha value is -1.66. The van der Waals surface area contributed by atoms with Crippen molar-refractivity contribution in [3.05, 3.63) is 38.9 Å². The van der Waals surface area contributed by atoms with E-state index in [0.29, 0.717) is 0 Å². The fourth-order valence-electron chi connectivity index (χ4n) is 1.52. The summed E-state index contributed by atoms with van der Waals surface area (Å²) in [6.45, 7) is 3.42. The van der Waals surface area contributed by atoms with E-state index in [9.17, 15) is 14.9 Å². The van der Waals surface area contributed by atoms with Crippen LogP contribution in [0.4, 0.5) is 5.69 Å². The van der Waals surface area contributed by atoms with Gasteiger partial charge in [0.05, 0.1) is 17.6 Å². The van der Waals surface area contributed by atoms with Crippen molar-refractivity contribution < 1.29 is 14.8 Å². The Labute approximate surface area is 115 Å². The summed E-state index contributed by atoms with van der Waals surface area (Å²) in [5, 5.41) is 22.8. The van der Waals surface area contributed by atoms with Gasteiger partial charge in [0, 0.05) is 11.1 Å². The van der Waals surface area contributed by atoms with Crippen molar-refractivity contribution in [3.8, 4) is 0 Å². The van der Waals surface area contributed by atoms with Gasteiger partial charge in [0.15, 0.2) is 0 Å². The third kappa shape index (κ3) is 3.90. The molecule has 0 radical (unpaired) electrons. The number of amides is 1. The number of nitrogens with zero attached hydrogens (tertiary/aromatic N) is 1. The van der Waals surface area contributed by atoms with Gasteiger partial charge in [-0.1, -0.05) is 25.4 Å². The molecule has 0 saturated carbocycles. The van der Waals surface area contributed by atoms with Crippen LogP contribution >= 0.6 is 11.6 Å². The molecule has 0 heterocycles. The van der Waals surface area contributed by atoms with Gasteiger partial charge >= 0.3 is 0 Å². The number of carbonyl (C=O) groups is 1. The van der Waals surface area contributed by atoms with Crippen molar-refractivity contribution in [2.45, 2.75) is 19.9 Å². The summed E-state index contributed by atoms with van der Waals surface area (Å²) >= 11 is 5.75. The fourth-order valence-corrected chi connectivity index (χ4v) is 1.69. The first kappa shape index (κ1) is 15.4. The number of nitrogens with one attached hydrogen (secondary N) is 1. The second-order valence-electron chi connectivity index (χ2n) is 4.43. The summed E-state index contributed by atoms with van der Waals surface area (Å²) in [4.78, 5) is 22.2. The predicted molar refractivity (Wildman–Crippen MR) is 71.3 cm³/mol. The van der Waals surface area contributed by atoms with Crippen molar-refractivity contribution in [2.24, 2.45) is 5.92 Å². The van der Waals surface area contributed by atoms with Gasteiger partial charge in [-0.25, -0.2) is 0 Å². The van der Waals surface area contributed by atoms with Gasteiger partial charge in [0.2, 0.25) is 0 Å². The summed E-state index contributed by atoms with van der Waals surface area (Å²) in [5.41, 5.74) is -0.432. The molecule has 0 fully saturated rings. The van der Waals surface area contributed by atoms with Gasteiger partial charge in [-0.2, -0.15) is 0 Å². The number of halogens is 1. The first-order chi connectivity index (χ1) is 8.86. The Bertz CT molecular complexity index is 491. The number of aliphatic hydroxyl groups excluding tert-OH is 1. The average Bonchev–Trinajstić information content (AvgIpc) is 2.34. The van der Waals surface area contributed by atoms with Crippen LogP contribution in [0, 0.1) is 16.0 Å². The zero-order valence-corrected chi connectivity index (χ0v) is 11.3. The fraction of sp³-hybridized carbons (Fsp3) is 0.417. The van der Waals surface area contributed by atoms with E-state index in [1.807, 2.05) is 13.8 Å². The maximum absolute atomic E-state index is 12.0. The van der Waals surface area contributed by atoms with E-state index in [1.165, 1.54) is 18.2 Å². The van der Waals surface area contributed by atoms with E-state index in [-0.39, 0.29) is 28.8 Å². The van der Waals surface area contributed by atoms with Crippen molar-refractivity contribution in [1.29, 1.82) is 0 Å². The van der Waals surface area contributed by atoms with Crippen LogP contribution in [0.3, 0.4) is 0 Å². The molecule has 6 nitrogen and oxygen atoms in total. The predicted octanol–water partition coefficient (Wildman–Crippen LogP) is 1.99. The third-order valence-corrected chi connectivity index (χ3v) is 2.95. The highest BCUT2D eigenvalue weighted by Gasteiger charge is 2.23. The van der Waals surface area contributed by atoms with Crippen molar-refractivity contribution >= 4 is 23.2 Å². The highest BCUT2D eigenvalue weighted by Crippen LogP contribution is 2.22. The Morgan fingerprint density at radius 2 is 2.16 bits per heavy atom. The highest BCUT2D eigenvalue weighted by molar-refractivity contribution is 6.31. The minimum absolute atomic E-state index is 0.00666.